The van der Waals surface area contributed by atoms with E-state index in [-0.39, 0.29) is 5.91 Å². The average Bonchev–Trinajstić information content (AvgIpc) is 3.01. The molecule has 100 valence electrons. The van der Waals surface area contributed by atoms with Crippen molar-refractivity contribution in [2.45, 2.75) is 25.8 Å². The SMILES string of the molecule is CNC(=O)C[C@H]1CCN(CCCn2cccn2)C1. The Morgan fingerprint density at radius 1 is 1.50 bits per heavy atom. The van der Waals surface area contributed by atoms with E-state index in [2.05, 4.69) is 15.3 Å². The Hall–Kier alpha value is -1.36. The third-order valence-electron chi connectivity index (χ3n) is 3.54. The van der Waals surface area contributed by atoms with Gasteiger partial charge in [-0.15, -0.1) is 0 Å². The molecule has 0 spiro atoms. The largest absolute Gasteiger partial charge is 0.359 e. The van der Waals surface area contributed by atoms with Crippen LogP contribution in [0.25, 0.3) is 0 Å². The second kappa shape index (κ2) is 6.54. The number of aryl methyl sites for hydroxylation is 1. The number of carbonyl (C=O) groups is 1. The molecule has 2 heterocycles. The van der Waals surface area contributed by atoms with Crippen molar-refractivity contribution in [3.05, 3.63) is 18.5 Å². The molecule has 0 aromatic carbocycles. The summed E-state index contributed by atoms with van der Waals surface area (Å²) in [5.74, 6) is 0.702. The number of likely N-dealkylation sites (tertiary alicyclic amines) is 1. The van der Waals surface area contributed by atoms with Gasteiger partial charge < -0.3 is 10.2 Å². The van der Waals surface area contributed by atoms with Crippen molar-refractivity contribution in [2.75, 3.05) is 26.7 Å². The van der Waals surface area contributed by atoms with E-state index >= 15 is 0 Å². The molecule has 0 aliphatic carbocycles. The number of hydrogen-bond acceptors (Lipinski definition) is 3. The van der Waals surface area contributed by atoms with Crippen LogP contribution < -0.4 is 5.32 Å². The van der Waals surface area contributed by atoms with Crippen LogP contribution in [0.4, 0.5) is 0 Å². The fourth-order valence-corrected chi connectivity index (χ4v) is 2.54. The van der Waals surface area contributed by atoms with Crippen LogP contribution in [-0.2, 0) is 11.3 Å². The van der Waals surface area contributed by atoms with E-state index in [1.165, 1.54) is 0 Å². The number of rotatable bonds is 6. The van der Waals surface area contributed by atoms with Crippen LogP contribution in [-0.4, -0.2) is 47.3 Å². The molecule has 1 atom stereocenters. The lowest BCUT2D eigenvalue weighted by Gasteiger charge is -2.15. The molecule has 1 aliphatic rings. The van der Waals surface area contributed by atoms with Crippen LogP contribution in [0.5, 0.6) is 0 Å². The van der Waals surface area contributed by atoms with Crippen LogP contribution in [0.15, 0.2) is 18.5 Å². The molecular weight excluding hydrogens is 228 g/mol. The van der Waals surface area contributed by atoms with Crippen LogP contribution in [0.3, 0.4) is 0 Å². The van der Waals surface area contributed by atoms with Crippen molar-refractivity contribution in [1.29, 1.82) is 0 Å². The first-order valence-corrected chi connectivity index (χ1v) is 6.68. The van der Waals surface area contributed by atoms with Crippen molar-refractivity contribution < 1.29 is 4.79 Å². The zero-order valence-electron chi connectivity index (χ0n) is 11.0. The fourth-order valence-electron chi connectivity index (χ4n) is 2.54. The molecule has 0 unspecified atom stereocenters. The maximum Gasteiger partial charge on any atom is 0.220 e. The number of carbonyl (C=O) groups excluding carboxylic acids is 1. The van der Waals surface area contributed by atoms with Gasteiger partial charge in [-0.2, -0.15) is 5.10 Å². The van der Waals surface area contributed by atoms with E-state index in [1.54, 1.807) is 7.05 Å². The van der Waals surface area contributed by atoms with E-state index < -0.39 is 0 Å². The molecule has 1 saturated heterocycles. The Labute approximate surface area is 108 Å². The maximum atomic E-state index is 11.3. The summed E-state index contributed by atoms with van der Waals surface area (Å²) in [6.07, 6.45) is 6.75. The highest BCUT2D eigenvalue weighted by Gasteiger charge is 2.23. The number of hydrogen-bond donors (Lipinski definition) is 1. The molecular formula is C13H22N4O. The van der Waals surface area contributed by atoms with Gasteiger partial charge in [-0.25, -0.2) is 0 Å². The highest BCUT2D eigenvalue weighted by molar-refractivity contribution is 5.75. The minimum absolute atomic E-state index is 0.165. The molecule has 1 amide bonds. The zero-order chi connectivity index (χ0) is 12.8. The van der Waals surface area contributed by atoms with Gasteiger partial charge in [-0.3, -0.25) is 9.48 Å². The number of amides is 1. The molecule has 0 radical (unpaired) electrons. The molecule has 0 saturated carbocycles. The van der Waals surface area contributed by atoms with E-state index in [0.29, 0.717) is 12.3 Å². The maximum absolute atomic E-state index is 11.3. The van der Waals surface area contributed by atoms with E-state index in [0.717, 1.165) is 39.0 Å². The van der Waals surface area contributed by atoms with E-state index in [4.69, 9.17) is 0 Å². The zero-order valence-corrected chi connectivity index (χ0v) is 11.0. The first-order chi connectivity index (χ1) is 8.78. The number of aromatic nitrogens is 2. The third-order valence-corrected chi connectivity index (χ3v) is 3.54. The van der Waals surface area contributed by atoms with Crippen molar-refractivity contribution in [2.24, 2.45) is 5.92 Å². The third kappa shape index (κ3) is 3.84. The minimum atomic E-state index is 0.165. The number of nitrogens with one attached hydrogen (secondary N) is 1. The van der Waals surface area contributed by atoms with E-state index in [9.17, 15) is 4.79 Å². The molecule has 2 rings (SSSR count). The van der Waals surface area contributed by atoms with Gasteiger partial charge in [0.05, 0.1) is 0 Å². The van der Waals surface area contributed by atoms with Gasteiger partial charge in [-0.05, 0) is 37.9 Å². The highest BCUT2D eigenvalue weighted by atomic mass is 16.1. The molecule has 18 heavy (non-hydrogen) atoms. The summed E-state index contributed by atoms with van der Waals surface area (Å²) in [5.41, 5.74) is 0. The number of nitrogens with zero attached hydrogens (tertiary/aromatic N) is 3. The van der Waals surface area contributed by atoms with Crippen LogP contribution in [0, 0.1) is 5.92 Å². The Kier molecular flexibility index (Phi) is 4.75. The van der Waals surface area contributed by atoms with Gasteiger partial charge in [0, 0.05) is 39.0 Å². The summed E-state index contributed by atoms with van der Waals surface area (Å²) < 4.78 is 1.97. The smallest absolute Gasteiger partial charge is 0.220 e. The molecule has 1 aromatic heterocycles. The molecule has 1 fully saturated rings. The van der Waals surface area contributed by atoms with Crippen molar-refractivity contribution >= 4 is 5.91 Å². The second-order valence-electron chi connectivity index (χ2n) is 4.96. The summed E-state index contributed by atoms with van der Waals surface area (Å²) in [6, 6.07) is 1.95. The molecule has 1 N–H and O–H groups in total. The first-order valence-electron chi connectivity index (χ1n) is 6.68. The standard InChI is InChI=1S/C13H22N4O/c1-14-13(18)10-12-4-9-16(11-12)6-3-8-17-7-2-5-15-17/h2,5,7,12H,3-4,6,8-11H2,1H3,(H,14,18)/t12-/m1/s1. The summed E-state index contributed by atoms with van der Waals surface area (Å²) in [4.78, 5) is 13.8. The van der Waals surface area contributed by atoms with Gasteiger partial charge in [0.25, 0.3) is 0 Å². The fraction of sp³-hybridized carbons (Fsp3) is 0.692. The monoisotopic (exact) mass is 250 g/mol. The lowest BCUT2D eigenvalue weighted by molar-refractivity contribution is -0.121. The topological polar surface area (TPSA) is 50.2 Å². The normalized spacial score (nSPS) is 20.2. The molecule has 1 aliphatic heterocycles. The first kappa shape index (κ1) is 13.1. The minimum Gasteiger partial charge on any atom is -0.359 e. The predicted octanol–water partition coefficient (Wildman–Crippen LogP) is 0.731. The summed E-state index contributed by atoms with van der Waals surface area (Å²) in [6.45, 7) is 4.26. The summed E-state index contributed by atoms with van der Waals surface area (Å²) in [7, 11) is 1.71. The Morgan fingerprint density at radius 3 is 3.11 bits per heavy atom. The summed E-state index contributed by atoms with van der Waals surface area (Å²) in [5, 5.41) is 6.89. The van der Waals surface area contributed by atoms with Gasteiger partial charge >= 0.3 is 0 Å². The van der Waals surface area contributed by atoms with Gasteiger partial charge in [-0.1, -0.05) is 0 Å². The predicted molar refractivity (Wildman–Crippen MR) is 70.1 cm³/mol. The van der Waals surface area contributed by atoms with Crippen LogP contribution in [0.2, 0.25) is 0 Å². The van der Waals surface area contributed by atoms with Crippen molar-refractivity contribution in [3.8, 4) is 0 Å². The molecule has 1 aromatic rings. The molecule has 0 bridgehead atoms. The van der Waals surface area contributed by atoms with E-state index in [1.807, 2.05) is 23.1 Å². The molecule has 5 heteroatoms. The Bertz CT molecular complexity index is 363. The van der Waals surface area contributed by atoms with Crippen molar-refractivity contribution in [1.82, 2.24) is 20.0 Å². The van der Waals surface area contributed by atoms with Crippen LogP contribution in [0.1, 0.15) is 19.3 Å². The lowest BCUT2D eigenvalue weighted by atomic mass is 10.1. The Morgan fingerprint density at radius 2 is 2.39 bits per heavy atom. The second-order valence-corrected chi connectivity index (χ2v) is 4.96. The molecule has 5 nitrogen and oxygen atoms in total. The van der Waals surface area contributed by atoms with Crippen molar-refractivity contribution in [3.63, 3.8) is 0 Å². The lowest BCUT2D eigenvalue weighted by Crippen LogP contribution is -2.25. The summed E-state index contributed by atoms with van der Waals surface area (Å²) >= 11 is 0. The van der Waals surface area contributed by atoms with Crippen LogP contribution >= 0.6 is 0 Å². The quantitative estimate of drug-likeness (QED) is 0.810. The highest BCUT2D eigenvalue weighted by Crippen LogP contribution is 2.19. The van der Waals surface area contributed by atoms with Gasteiger partial charge in [0.2, 0.25) is 5.91 Å². The van der Waals surface area contributed by atoms with Gasteiger partial charge in [0.15, 0.2) is 0 Å². The van der Waals surface area contributed by atoms with Gasteiger partial charge in [0.1, 0.15) is 0 Å². The Balaban J connectivity index is 1.62. The average molecular weight is 250 g/mol.